The van der Waals surface area contributed by atoms with Gasteiger partial charge in [0.2, 0.25) is 0 Å². The first kappa shape index (κ1) is 13.6. The molecule has 5 heteroatoms. The van der Waals surface area contributed by atoms with Crippen LogP contribution in [-0.2, 0) is 0 Å². The summed E-state index contributed by atoms with van der Waals surface area (Å²) in [6.07, 6.45) is 0. The molecule has 0 saturated carbocycles. The number of nitrogens with zero attached hydrogens (tertiary/aromatic N) is 2. The van der Waals surface area contributed by atoms with Crippen LogP contribution >= 0.6 is 0 Å². The number of carbonyl (C=O) groups excluding carboxylic acids is 1. The number of hydrogen-bond donors (Lipinski definition) is 1. The van der Waals surface area contributed by atoms with Crippen molar-refractivity contribution in [2.45, 2.75) is 6.92 Å². The van der Waals surface area contributed by atoms with E-state index in [1.54, 1.807) is 37.4 Å². The lowest BCUT2D eigenvalue weighted by molar-refractivity contribution is 0.102. The SMILES string of the molecule is COc1ccc(NC(=O)c2cccc(C#N)n2)cc1C. The van der Waals surface area contributed by atoms with Crippen molar-refractivity contribution in [2.75, 3.05) is 12.4 Å². The molecule has 1 heterocycles. The molecule has 0 aliphatic rings. The number of aromatic nitrogens is 1. The van der Waals surface area contributed by atoms with Crippen molar-refractivity contribution < 1.29 is 9.53 Å². The lowest BCUT2D eigenvalue weighted by atomic mass is 10.2. The van der Waals surface area contributed by atoms with Gasteiger partial charge in [-0.3, -0.25) is 4.79 Å². The number of nitriles is 1. The molecule has 0 fully saturated rings. The molecule has 1 N–H and O–H groups in total. The Hall–Kier alpha value is -2.87. The van der Waals surface area contributed by atoms with Gasteiger partial charge in [0.15, 0.2) is 0 Å². The van der Waals surface area contributed by atoms with E-state index in [0.29, 0.717) is 5.69 Å². The summed E-state index contributed by atoms with van der Waals surface area (Å²) in [5, 5.41) is 11.5. The second-order valence-electron chi connectivity index (χ2n) is 4.16. The molecule has 0 unspecified atom stereocenters. The van der Waals surface area contributed by atoms with Crippen LogP contribution in [0.25, 0.3) is 0 Å². The van der Waals surface area contributed by atoms with Crippen LogP contribution in [0, 0.1) is 18.3 Å². The number of benzene rings is 1. The first-order chi connectivity index (χ1) is 9.63. The van der Waals surface area contributed by atoms with Crippen LogP contribution < -0.4 is 10.1 Å². The van der Waals surface area contributed by atoms with E-state index >= 15 is 0 Å². The molecule has 100 valence electrons. The number of anilines is 1. The number of methoxy groups -OCH3 is 1. The Balaban J connectivity index is 2.19. The third-order valence-electron chi connectivity index (χ3n) is 2.75. The molecule has 1 amide bonds. The molecule has 0 spiro atoms. The summed E-state index contributed by atoms with van der Waals surface area (Å²) >= 11 is 0. The van der Waals surface area contributed by atoms with Crippen LogP contribution in [0.3, 0.4) is 0 Å². The van der Waals surface area contributed by atoms with Crippen LogP contribution in [0.5, 0.6) is 5.75 Å². The van der Waals surface area contributed by atoms with Crippen LogP contribution in [0.15, 0.2) is 36.4 Å². The van der Waals surface area contributed by atoms with E-state index in [1.165, 1.54) is 0 Å². The lowest BCUT2D eigenvalue weighted by Crippen LogP contribution is -2.14. The number of aryl methyl sites for hydroxylation is 1. The first-order valence-electron chi connectivity index (χ1n) is 5.97. The van der Waals surface area contributed by atoms with Gasteiger partial charge in [0.25, 0.3) is 5.91 Å². The van der Waals surface area contributed by atoms with Crippen molar-refractivity contribution >= 4 is 11.6 Å². The van der Waals surface area contributed by atoms with Gasteiger partial charge in [-0.25, -0.2) is 4.98 Å². The van der Waals surface area contributed by atoms with Gasteiger partial charge in [0.05, 0.1) is 7.11 Å². The van der Waals surface area contributed by atoms with Crippen LogP contribution in [-0.4, -0.2) is 18.0 Å². The highest BCUT2D eigenvalue weighted by Gasteiger charge is 2.09. The quantitative estimate of drug-likeness (QED) is 0.927. The molecule has 5 nitrogen and oxygen atoms in total. The van der Waals surface area contributed by atoms with Crippen LogP contribution in [0.1, 0.15) is 21.7 Å². The summed E-state index contributed by atoms with van der Waals surface area (Å²) in [6, 6.07) is 12.0. The predicted octanol–water partition coefficient (Wildman–Crippen LogP) is 2.52. The zero-order valence-corrected chi connectivity index (χ0v) is 11.2. The van der Waals surface area contributed by atoms with Gasteiger partial charge in [-0.2, -0.15) is 5.26 Å². The van der Waals surface area contributed by atoms with Crippen molar-refractivity contribution in [3.05, 3.63) is 53.3 Å². The van der Waals surface area contributed by atoms with Crippen LogP contribution in [0.4, 0.5) is 5.69 Å². The van der Waals surface area contributed by atoms with E-state index in [-0.39, 0.29) is 17.3 Å². The Morgan fingerprint density at radius 3 is 2.80 bits per heavy atom. The Bertz CT molecular complexity index is 690. The Kier molecular flexibility index (Phi) is 3.96. The number of rotatable bonds is 3. The summed E-state index contributed by atoms with van der Waals surface area (Å²) in [6.45, 7) is 1.89. The van der Waals surface area contributed by atoms with Gasteiger partial charge in [-0.1, -0.05) is 6.07 Å². The molecule has 0 bridgehead atoms. The Morgan fingerprint density at radius 1 is 1.35 bits per heavy atom. The molecule has 0 atom stereocenters. The van der Waals surface area contributed by atoms with E-state index in [9.17, 15) is 4.79 Å². The third-order valence-corrected chi connectivity index (χ3v) is 2.75. The monoisotopic (exact) mass is 267 g/mol. The maximum Gasteiger partial charge on any atom is 0.274 e. The Morgan fingerprint density at radius 2 is 2.15 bits per heavy atom. The topological polar surface area (TPSA) is 75.0 Å². The van der Waals surface area contributed by atoms with Gasteiger partial charge in [-0.15, -0.1) is 0 Å². The minimum Gasteiger partial charge on any atom is -0.496 e. The minimum absolute atomic E-state index is 0.206. The maximum atomic E-state index is 12.0. The standard InChI is InChI=1S/C15H13N3O2/c1-10-8-11(6-7-14(10)20-2)18-15(19)13-5-3-4-12(9-16)17-13/h3-8H,1-2H3,(H,18,19). The fourth-order valence-electron chi connectivity index (χ4n) is 1.77. The van der Waals surface area contributed by atoms with Gasteiger partial charge >= 0.3 is 0 Å². The smallest absolute Gasteiger partial charge is 0.274 e. The third kappa shape index (κ3) is 2.93. The molecule has 0 aliphatic carbocycles. The summed E-state index contributed by atoms with van der Waals surface area (Å²) in [5.41, 5.74) is 1.99. The van der Waals surface area contributed by atoms with Crippen molar-refractivity contribution in [1.29, 1.82) is 5.26 Å². The molecular formula is C15H13N3O2. The molecule has 1 aromatic carbocycles. The molecule has 20 heavy (non-hydrogen) atoms. The second kappa shape index (κ2) is 5.85. The van der Waals surface area contributed by atoms with Crippen molar-refractivity contribution in [3.8, 4) is 11.8 Å². The van der Waals surface area contributed by atoms with E-state index < -0.39 is 0 Å². The van der Waals surface area contributed by atoms with Gasteiger partial charge < -0.3 is 10.1 Å². The van der Waals surface area contributed by atoms with Crippen molar-refractivity contribution in [1.82, 2.24) is 4.98 Å². The molecule has 0 aliphatic heterocycles. The number of pyridine rings is 1. The summed E-state index contributed by atoms with van der Waals surface area (Å²) in [5.74, 6) is 0.402. The Labute approximate surface area is 116 Å². The van der Waals surface area contributed by atoms with E-state index in [2.05, 4.69) is 10.3 Å². The molecule has 0 radical (unpaired) electrons. The van der Waals surface area contributed by atoms with Crippen molar-refractivity contribution in [2.24, 2.45) is 0 Å². The van der Waals surface area contributed by atoms with E-state index in [1.807, 2.05) is 19.1 Å². The summed E-state index contributed by atoms with van der Waals surface area (Å²) in [7, 11) is 1.60. The van der Waals surface area contributed by atoms with Gasteiger partial charge in [0.1, 0.15) is 23.2 Å². The van der Waals surface area contributed by atoms with E-state index in [0.717, 1.165) is 11.3 Å². The number of nitrogens with one attached hydrogen (secondary N) is 1. The summed E-state index contributed by atoms with van der Waals surface area (Å²) < 4.78 is 5.16. The van der Waals surface area contributed by atoms with Gasteiger partial charge in [0, 0.05) is 5.69 Å². The molecule has 1 aromatic heterocycles. The fourth-order valence-corrected chi connectivity index (χ4v) is 1.77. The van der Waals surface area contributed by atoms with E-state index in [4.69, 9.17) is 10.00 Å². The van der Waals surface area contributed by atoms with Crippen molar-refractivity contribution in [3.63, 3.8) is 0 Å². The fraction of sp³-hybridized carbons (Fsp3) is 0.133. The second-order valence-corrected chi connectivity index (χ2v) is 4.16. The summed E-state index contributed by atoms with van der Waals surface area (Å²) in [4.78, 5) is 16.0. The zero-order chi connectivity index (χ0) is 14.5. The highest BCUT2D eigenvalue weighted by molar-refractivity contribution is 6.03. The zero-order valence-electron chi connectivity index (χ0n) is 11.2. The molecule has 2 rings (SSSR count). The average Bonchev–Trinajstić information content (AvgIpc) is 2.47. The lowest BCUT2D eigenvalue weighted by Gasteiger charge is -2.08. The largest absolute Gasteiger partial charge is 0.496 e. The minimum atomic E-state index is -0.355. The average molecular weight is 267 g/mol. The maximum absolute atomic E-state index is 12.0. The first-order valence-corrected chi connectivity index (χ1v) is 5.97. The number of ether oxygens (including phenoxy) is 1. The van der Waals surface area contributed by atoms with Crippen LogP contribution in [0.2, 0.25) is 0 Å². The number of hydrogen-bond acceptors (Lipinski definition) is 4. The normalized spacial score (nSPS) is 9.65. The predicted molar refractivity (Wildman–Crippen MR) is 74.6 cm³/mol. The highest BCUT2D eigenvalue weighted by Crippen LogP contribution is 2.21. The number of carbonyl (C=O) groups is 1. The molecular weight excluding hydrogens is 254 g/mol. The number of amides is 1. The van der Waals surface area contributed by atoms with Gasteiger partial charge in [-0.05, 0) is 42.8 Å². The highest BCUT2D eigenvalue weighted by atomic mass is 16.5. The molecule has 2 aromatic rings. The molecule has 0 saturated heterocycles.